The summed E-state index contributed by atoms with van der Waals surface area (Å²) >= 11 is 1.29. The van der Waals surface area contributed by atoms with Gasteiger partial charge in [0.15, 0.2) is 0 Å². The second kappa shape index (κ2) is 8.70. The third-order valence-corrected chi connectivity index (χ3v) is 6.84. The number of nitrogens with zero attached hydrogens (tertiary/aromatic N) is 4. The molecule has 1 N–H and O–H groups in total. The largest absolute Gasteiger partial charge is 0.411 e. The Morgan fingerprint density at radius 3 is 2.62 bits per heavy atom. The predicted molar refractivity (Wildman–Crippen MR) is 127 cm³/mol. The highest BCUT2D eigenvalue weighted by atomic mass is 32.2. The number of aryl methyl sites for hydroxylation is 2. The Hall–Kier alpha value is -3.26. The van der Waals surface area contributed by atoms with Crippen LogP contribution in [-0.2, 0) is 4.79 Å². The lowest BCUT2D eigenvalue weighted by Gasteiger charge is -2.36. The van der Waals surface area contributed by atoms with Crippen molar-refractivity contribution >= 4 is 34.3 Å². The van der Waals surface area contributed by atoms with Crippen LogP contribution in [0.4, 0.5) is 5.69 Å². The lowest BCUT2D eigenvalue weighted by Crippen LogP contribution is -2.49. The summed E-state index contributed by atoms with van der Waals surface area (Å²) < 4.78 is 5.83. The molecule has 0 atom stereocenters. The van der Waals surface area contributed by atoms with E-state index in [1.165, 1.54) is 23.0 Å². The molecule has 4 aromatic rings. The van der Waals surface area contributed by atoms with Crippen molar-refractivity contribution in [2.45, 2.75) is 19.1 Å². The van der Waals surface area contributed by atoms with Gasteiger partial charge < -0.3 is 19.2 Å². The standard InChI is InChI=1S/C24H25N5O2S/c1-16-17(2)25-21-9-8-18(14-20(16)21)23-26-27-24(31-23)32-15-22(30)29-12-10-28(11-13-29)19-6-4-3-5-7-19/h3-9,14,25H,10-13,15H2,1-2H3. The molecule has 2 aromatic heterocycles. The Labute approximate surface area is 190 Å². The lowest BCUT2D eigenvalue weighted by molar-refractivity contribution is -0.128. The van der Waals surface area contributed by atoms with Crippen LogP contribution >= 0.6 is 11.8 Å². The zero-order valence-electron chi connectivity index (χ0n) is 18.2. The first-order valence-corrected chi connectivity index (χ1v) is 11.7. The first-order valence-electron chi connectivity index (χ1n) is 10.7. The third kappa shape index (κ3) is 4.10. The Morgan fingerprint density at radius 1 is 1.06 bits per heavy atom. The zero-order chi connectivity index (χ0) is 22.1. The van der Waals surface area contributed by atoms with E-state index in [4.69, 9.17) is 4.42 Å². The molecule has 7 nitrogen and oxygen atoms in total. The van der Waals surface area contributed by atoms with E-state index >= 15 is 0 Å². The van der Waals surface area contributed by atoms with Gasteiger partial charge in [0.25, 0.3) is 5.22 Å². The molecule has 1 saturated heterocycles. The molecule has 164 valence electrons. The average molecular weight is 448 g/mol. The molecular formula is C24H25N5O2S. The van der Waals surface area contributed by atoms with Gasteiger partial charge in [0.05, 0.1) is 5.75 Å². The van der Waals surface area contributed by atoms with Crippen LogP contribution in [0.1, 0.15) is 11.3 Å². The molecule has 3 heterocycles. The first-order chi connectivity index (χ1) is 15.6. The minimum atomic E-state index is 0.0994. The van der Waals surface area contributed by atoms with Crippen molar-refractivity contribution in [1.82, 2.24) is 20.1 Å². The van der Waals surface area contributed by atoms with Crippen LogP contribution in [0.25, 0.3) is 22.4 Å². The number of aromatic nitrogens is 3. The smallest absolute Gasteiger partial charge is 0.277 e. The van der Waals surface area contributed by atoms with E-state index < -0.39 is 0 Å². The Kier molecular flexibility index (Phi) is 5.61. The van der Waals surface area contributed by atoms with E-state index in [1.54, 1.807) is 0 Å². The number of para-hydroxylation sites is 1. The Morgan fingerprint density at radius 2 is 1.84 bits per heavy atom. The van der Waals surface area contributed by atoms with E-state index in [0.717, 1.165) is 48.3 Å². The highest BCUT2D eigenvalue weighted by molar-refractivity contribution is 7.99. The minimum absolute atomic E-state index is 0.0994. The number of amides is 1. The summed E-state index contributed by atoms with van der Waals surface area (Å²) in [7, 11) is 0. The van der Waals surface area contributed by atoms with E-state index in [2.05, 4.69) is 52.1 Å². The molecular weight excluding hydrogens is 422 g/mol. The van der Waals surface area contributed by atoms with E-state index in [-0.39, 0.29) is 5.91 Å². The van der Waals surface area contributed by atoms with Crippen LogP contribution in [0.3, 0.4) is 0 Å². The number of aromatic amines is 1. The monoisotopic (exact) mass is 447 g/mol. The van der Waals surface area contributed by atoms with Gasteiger partial charge in [-0.3, -0.25) is 4.79 Å². The van der Waals surface area contributed by atoms with Crippen molar-refractivity contribution < 1.29 is 9.21 Å². The SMILES string of the molecule is Cc1[nH]c2ccc(-c3nnc(SCC(=O)N4CCN(c5ccccc5)CC4)o3)cc2c1C. The minimum Gasteiger partial charge on any atom is -0.411 e. The summed E-state index contributed by atoms with van der Waals surface area (Å²) in [6.07, 6.45) is 0. The molecule has 5 rings (SSSR count). The topological polar surface area (TPSA) is 78.3 Å². The number of hydrogen-bond donors (Lipinski definition) is 1. The highest BCUT2D eigenvalue weighted by Gasteiger charge is 2.22. The van der Waals surface area contributed by atoms with Crippen LogP contribution in [-0.4, -0.2) is 57.9 Å². The van der Waals surface area contributed by atoms with Crippen molar-refractivity contribution in [3.05, 3.63) is 59.8 Å². The normalized spacial score (nSPS) is 14.3. The molecule has 0 bridgehead atoms. The molecule has 8 heteroatoms. The summed E-state index contributed by atoms with van der Waals surface area (Å²) in [5.74, 6) is 0.862. The number of thioether (sulfide) groups is 1. The predicted octanol–water partition coefficient (Wildman–Crippen LogP) is 4.28. The summed E-state index contributed by atoms with van der Waals surface area (Å²) in [6.45, 7) is 7.28. The number of anilines is 1. The van der Waals surface area contributed by atoms with Gasteiger partial charge in [0, 0.05) is 54.0 Å². The summed E-state index contributed by atoms with van der Waals surface area (Å²) in [4.78, 5) is 20.3. The second-order valence-corrected chi connectivity index (χ2v) is 8.93. The summed E-state index contributed by atoms with van der Waals surface area (Å²) in [6, 6.07) is 16.4. The first kappa shape index (κ1) is 20.6. The van der Waals surface area contributed by atoms with Gasteiger partial charge in [0.1, 0.15) is 0 Å². The number of carbonyl (C=O) groups is 1. The van der Waals surface area contributed by atoms with Gasteiger partial charge in [0.2, 0.25) is 11.8 Å². The quantitative estimate of drug-likeness (QED) is 0.460. The molecule has 1 aliphatic rings. The maximum atomic E-state index is 12.7. The summed E-state index contributed by atoms with van der Waals surface area (Å²) in [5, 5.41) is 9.88. The Bertz CT molecular complexity index is 1240. The number of carbonyl (C=O) groups excluding carboxylic acids is 1. The molecule has 32 heavy (non-hydrogen) atoms. The van der Waals surface area contributed by atoms with Crippen LogP contribution in [0.15, 0.2) is 58.2 Å². The van der Waals surface area contributed by atoms with Gasteiger partial charge in [-0.1, -0.05) is 30.0 Å². The number of fused-ring (bicyclic) bond motifs is 1. The lowest BCUT2D eigenvalue weighted by atomic mass is 10.1. The fourth-order valence-electron chi connectivity index (χ4n) is 4.05. The van der Waals surface area contributed by atoms with Crippen molar-refractivity contribution in [1.29, 1.82) is 0 Å². The van der Waals surface area contributed by atoms with Crippen LogP contribution in [0.5, 0.6) is 0 Å². The van der Waals surface area contributed by atoms with Gasteiger partial charge in [-0.05, 0) is 49.7 Å². The third-order valence-electron chi connectivity index (χ3n) is 6.03. The number of rotatable bonds is 5. The van der Waals surface area contributed by atoms with Crippen LogP contribution < -0.4 is 4.90 Å². The number of piperazine rings is 1. The maximum absolute atomic E-state index is 12.7. The van der Waals surface area contributed by atoms with Crippen LogP contribution in [0.2, 0.25) is 0 Å². The Balaban J connectivity index is 1.18. The van der Waals surface area contributed by atoms with Crippen molar-refractivity contribution in [2.24, 2.45) is 0 Å². The van der Waals surface area contributed by atoms with Gasteiger partial charge >= 0.3 is 0 Å². The molecule has 0 aliphatic carbocycles. The highest BCUT2D eigenvalue weighted by Crippen LogP contribution is 2.29. The van der Waals surface area contributed by atoms with E-state index in [9.17, 15) is 4.79 Å². The molecule has 2 aromatic carbocycles. The molecule has 1 amide bonds. The van der Waals surface area contributed by atoms with Crippen molar-refractivity contribution in [3.8, 4) is 11.5 Å². The average Bonchev–Trinajstić information content (AvgIpc) is 3.42. The maximum Gasteiger partial charge on any atom is 0.277 e. The van der Waals surface area contributed by atoms with Crippen molar-refractivity contribution in [3.63, 3.8) is 0 Å². The summed E-state index contributed by atoms with van der Waals surface area (Å²) in [5.41, 5.74) is 5.55. The van der Waals surface area contributed by atoms with Gasteiger partial charge in [-0.25, -0.2) is 0 Å². The molecule has 0 spiro atoms. The molecule has 0 radical (unpaired) electrons. The molecule has 0 unspecified atom stereocenters. The number of H-pyrrole nitrogens is 1. The van der Waals surface area contributed by atoms with Crippen molar-refractivity contribution in [2.75, 3.05) is 36.8 Å². The van der Waals surface area contributed by atoms with E-state index in [0.29, 0.717) is 16.9 Å². The van der Waals surface area contributed by atoms with Crippen LogP contribution in [0, 0.1) is 13.8 Å². The molecule has 1 fully saturated rings. The fraction of sp³-hybridized carbons (Fsp3) is 0.292. The fourth-order valence-corrected chi connectivity index (χ4v) is 4.71. The number of nitrogens with one attached hydrogen (secondary N) is 1. The number of benzene rings is 2. The number of hydrogen-bond acceptors (Lipinski definition) is 6. The zero-order valence-corrected chi connectivity index (χ0v) is 19.0. The van der Waals surface area contributed by atoms with Gasteiger partial charge in [-0.15, -0.1) is 10.2 Å². The molecule has 1 aliphatic heterocycles. The van der Waals surface area contributed by atoms with Gasteiger partial charge in [-0.2, -0.15) is 0 Å². The molecule has 0 saturated carbocycles. The van der Waals surface area contributed by atoms with E-state index in [1.807, 2.05) is 35.2 Å². The second-order valence-electron chi connectivity index (χ2n) is 8.00.